The number of hydrogen-bond donors (Lipinski definition) is 1. The lowest BCUT2D eigenvalue weighted by Gasteiger charge is -2.60. The molecule has 8 atom stereocenters. The standard InChI is InChI=1S/C20H31NO/c1-19-9-7-15(22)11-13(19)3-5-16-17-6-4-14(12-21)20(17,2)10-8-18(16)19/h13-18,22H,3-11H2,1-2H3/t13?,14?,15?,16-,17-,18-,19-,20+/m0/s1. The van der Waals surface area contributed by atoms with E-state index in [-0.39, 0.29) is 6.10 Å². The van der Waals surface area contributed by atoms with Crippen molar-refractivity contribution in [1.29, 1.82) is 5.26 Å². The molecule has 4 fully saturated rings. The van der Waals surface area contributed by atoms with Crippen molar-refractivity contribution in [2.45, 2.75) is 77.7 Å². The Morgan fingerprint density at radius 1 is 0.909 bits per heavy atom. The molecule has 0 aliphatic heterocycles. The summed E-state index contributed by atoms with van der Waals surface area (Å²) in [4.78, 5) is 0. The maximum Gasteiger partial charge on any atom is 0.0661 e. The van der Waals surface area contributed by atoms with E-state index in [1.54, 1.807) is 0 Å². The van der Waals surface area contributed by atoms with E-state index in [9.17, 15) is 10.4 Å². The summed E-state index contributed by atoms with van der Waals surface area (Å²) in [5.74, 6) is 3.55. The fourth-order valence-corrected chi connectivity index (χ4v) is 7.45. The highest BCUT2D eigenvalue weighted by molar-refractivity contribution is 5.12. The summed E-state index contributed by atoms with van der Waals surface area (Å²) in [5.41, 5.74) is 0.765. The van der Waals surface area contributed by atoms with Gasteiger partial charge in [0.05, 0.1) is 18.1 Å². The van der Waals surface area contributed by atoms with Crippen molar-refractivity contribution in [3.05, 3.63) is 0 Å². The highest BCUT2D eigenvalue weighted by atomic mass is 16.3. The molecule has 0 aromatic heterocycles. The van der Waals surface area contributed by atoms with E-state index in [4.69, 9.17) is 0 Å². The molecular formula is C20H31NO. The Labute approximate surface area is 135 Å². The van der Waals surface area contributed by atoms with Crippen LogP contribution in [0, 0.1) is 51.8 Å². The molecule has 122 valence electrons. The normalized spacial score (nSPS) is 57.4. The molecule has 4 rings (SSSR count). The van der Waals surface area contributed by atoms with Crippen LogP contribution in [0.4, 0.5) is 0 Å². The van der Waals surface area contributed by atoms with Crippen LogP contribution in [-0.2, 0) is 0 Å². The zero-order chi connectivity index (χ0) is 15.5. The summed E-state index contributed by atoms with van der Waals surface area (Å²) in [7, 11) is 0. The molecule has 0 amide bonds. The summed E-state index contributed by atoms with van der Waals surface area (Å²) in [6.45, 7) is 4.97. The zero-order valence-corrected chi connectivity index (χ0v) is 14.2. The molecule has 2 heteroatoms. The molecule has 0 radical (unpaired) electrons. The van der Waals surface area contributed by atoms with Gasteiger partial charge < -0.3 is 5.11 Å². The topological polar surface area (TPSA) is 44.0 Å². The van der Waals surface area contributed by atoms with Gasteiger partial charge in [-0.15, -0.1) is 0 Å². The van der Waals surface area contributed by atoms with Crippen molar-refractivity contribution in [1.82, 2.24) is 0 Å². The van der Waals surface area contributed by atoms with E-state index in [1.807, 2.05) is 0 Å². The molecule has 4 aliphatic rings. The van der Waals surface area contributed by atoms with Gasteiger partial charge in [0.1, 0.15) is 0 Å². The van der Waals surface area contributed by atoms with E-state index < -0.39 is 0 Å². The summed E-state index contributed by atoms with van der Waals surface area (Å²) in [5, 5.41) is 19.6. The lowest BCUT2D eigenvalue weighted by molar-refractivity contribution is -0.124. The third-order valence-electron chi connectivity index (χ3n) is 8.79. The molecule has 1 N–H and O–H groups in total. The van der Waals surface area contributed by atoms with Crippen LogP contribution in [0.5, 0.6) is 0 Å². The van der Waals surface area contributed by atoms with Crippen molar-refractivity contribution in [3.63, 3.8) is 0 Å². The second-order valence-electron chi connectivity index (χ2n) is 9.39. The fraction of sp³-hybridized carbons (Fsp3) is 0.950. The Bertz CT molecular complexity index is 496. The van der Waals surface area contributed by atoms with Crippen LogP contribution < -0.4 is 0 Å². The number of nitrogens with zero attached hydrogens (tertiary/aromatic N) is 1. The molecule has 22 heavy (non-hydrogen) atoms. The molecule has 3 unspecified atom stereocenters. The predicted octanol–water partition coefficient (Wildman–Crippen LogP) is 4.53. The first kappa shape index (κ1) is 15.0. The van der Waals surface area contributed by atoms with E-state index >= 15 is 0 Å². The Morgan fingerprint density at radius 2 is 1.64 bits per heavy atom. The Morgan fingerprint density at radius 3 is 2.41 bits per heavy atom. The predicted molar refractivity (Wildman–Crippen MR) is 86.8 cm³/mol. The van der Waals surface area contributed by atoms with Crippen LogP contribution in [-0.4, -0.2) is 11.2 Å². The maximum atomic E-state index is 10.1. The van der Waals surface area contributed by atoms with E-state index in [2.05, 4.69) is 19.9 Å². The quantitative estimate of drug-likeness (QED) is 0.714. The highest BCUT2D eigenvalue weighted by Gasteiger charge is 2.60. The van der Waals surface area contributed by atoms with Crippen LogP contribution in [0.2, 0.25) is 0 Å². The summed E-state index contributed by atoms with van der Waals surface area (Å²) in [6.07, 6.45) is 10.9. The average Bonchev–Trinajstić information content (AvgIpc) is 2.84. The molecule has 0 heterocycles. The molecule has 4 aliphatic carbocycles. The minimum Gasteiger partial charge on any atom is -0.393 e. The van der Waals surface area contributed by atoms with Crippen LogP contribution >= 0.6 is 0 Å². The minimum atomic E-state index is -0.0436. The number of hydrogen-bond acceptors (Lipinski definition) is 2. The first-order valence-corrected chi connectivity index (χ1v) is 9.56. The van der Waals surface area contributed by atoms with Crippen LogP contribution in [0.15, 0.2) is 0 Å². The van der Waals surface area contributed by atoms with Gasteiger partial charge >= 0.3 is 0 Å². The van der Waals surface area contributed by atoms with Gasteiger partial charge in [0.25, 0.3) is 0 Å². The largest absolute Gasteiger partial charge is 0.393 e. The third kappa shape index (κ3) is 1.87. The Hall–Kier alpha value is -0.550. The number of aliphatic hydroxyl groups excluding tert-OH is 1. The number of fused-ring (bicyclic) bond motifs is 5. The Kier molecular flexibility index (Phi) is 3.39. The smallest absolute Gasteiger partial charge is 0.0661 e. The number of aliphatic hydroxyl groups is 1. The second-order valence-corrected chi connectivity index (χ2v) is 9.39. The van der Waals surface area contributed by atoms with Gasteiger partial charge in [-0.1, -0.05) is 13.8 Å². The van der Waals surface area contributed by atoms with Crippen molar-refractivity contribution >= 4 is 0 Å². The van der Waals surface area contributed by atoms with Gasteiger partial charge in [0.15, 0.2) is 0 Å². The van der Waals surface area contributed by atoms with Crippen LogP contribution in [0.3, 0.4) is 0 Å². The second kappa shape index (κ2) is 4.97. The number of nitriles is 1. The minimum absolute atomic E-state index is 0.0436. The van der Waals surface area contributed by atoms with Gasteiger partial charge in [0, 0.05) is 0 Å². The molecule has 0 aromatic rings. The first-order valence-electron chi connectivity index (χ1n) is 9.56. The van der Waals surface area contributed by atoms with Crippen molar-refractivity contribution in [2.75, 3.05) is 0 Å². The maximum absolute atomic E-state index is 10.1. The van der Waals surface area contributed by atoms with Crippen molar-refractivity contribution < 1.29 is 5.11 Å². The SMILES string of the molecule is C[C@]12CCC(O)CC1CC[C@@H]1[C@@H]2CC[C@]2(C)C(C#N)CC[C@@H]12. The Balaban J connectivity index is 1.62. The molecule has 0 bridgehead atoms. The van der Waals surface area contributed by atoms with Gasteiger partial charge in [-0.05, 0) is 92.3 Å². The fourth-order valence-electron chi connectivity index (χ4n) is 7.45. The molecule has 0 spiro atoms. The lowest BCUT2D eigenvalue weighted by atomic mass is 9.45. The zero-order valence-electron chi connectivity index (χ0n) is 14.2. The lowest BCUT2D eigenvalue weighted by Crippen LogP contribution is -2.53. The summed E-state index contributed by atoms with van der Waals surface area (Å²) >= 11 is 0. The highest BCUT2D eigenvalue weighted by Crippen LogP contribution is 2.67. The molecule has 0 aromatic carbocycles. The monoisotopic (exact) mass is 301 g/mol. The van der Waals surface area contributed by atoms with E-state index in [1.165, 1.54) is 38.5 Å². The van der Waals surface area contributed by atoms with Crippen molar-refractivity contribution in [3.8, 4) is 6.07 Å². The van der Waals surface area contributed by atoms with Gasteiger partial charge in [-0.2, -0.15) is 5.26 Å². The molecule has 0 saturated heterocycles. The van der Waals surface area contributed by atoms with Gasteiger partial charge in [0.2, 0.25) is 0 Å². The summed E-state index contributed by atoms with van der Waals surface area (Å²) in [6, 6.07) is 2.64. The van der Waals surface area contributed by atoms with Gasteiger partial charge in [-0.3, -0.25) is 0 Å². The van der Waals surface area contributed by atoms with Gasteiger partial charge in [-0.25, -0.2) is 0 Å². The molecule has 4 saturated carbocycles. The summed E-state index contributed by atoms with van der Waals surface area (Å²) < 4.78 is 0. The van der Waals surface area contributed by atoms with E-state index in [0.717, 1.165) is 42.9 Å². The van der Waals surface area contributed by atoms with E-state index in [0.29, 0.717) is 16.7 Å². The van der Waals surface area contributed by atoms with Crippen LogP contribution in [0.1, 0.15) is 71.6 Å². The molecular weight excluding hydrogens is 270 g/mol. The van der Waals surface area contributed by atoms with Crippen molar-refractivity contribution in [2.24, 2.45) is 40.4 Å². The first-order chi connectivity index (χ1) is 10.5. The average molecular weight is 301 g/mol. The molecule has 2 nitrogen and oxygen atoms in total. The number of rotatable bonds is 0. The van der Waals surface area contributed by atoms with Crippen LogP contribution in [0.25, 0.3) is 0 Å². The third-order valence-corrected chi connectivity index (χ3v) is 8.79.